The van der Waals surface area contributed by atoms with E-state index in [2.05, 4.69) is 0 Å². The first-order valence-corrected chi connectivity index (χ1v) is 9.59. The first-order chi connectivity index (χ1) is 11.6. The van der Waals surface area contributed by atoms with Crippen LogP contribution in [0.3, 0.4) is 0 Å². The summed E-state index contributed by atoms with van der Waals surface area (Å²) in [5.74, 6) is 0.212. The van der Waals surface area contributed by atoms with Gasteiger partial charge in [0, 0.05) is 4.90 Å². The van der Waals surface area contributed by atoms with E-state index in [0.717, 1.165) is 27.7 Å². The third-order valence-corrected chi connectivity index (χ3v) is 5.85. The lowest BCUT2D eigenvalue weighted by Crippen LogP contribution is -2.32. The first kappa shape index (κ1) is 16.9. The van der Waals surface area contributed by atoms with E-state index in [9.17, 15) is 9.32 Å². The van der Waals surface area contributed by atoms with Gasteiger partial charge in [0.1, 0.15) is 5.60 Å². The van der Waals surface area contributed by atoms with Crippen LogP contribution in [-0.4, -0.2) is 15.1 Å². The molecule has 0 amide bonds. The standard InChI is InChI=1S/C21H22O2S/c1-2-14-21(22,19-10-4-3-5-11-19)16-24(23)20-13-12-17-8-6-7-9-18(17)15-20/h3-13,15,22H,2,14,16H2,1H3. The van der Waals surface area contributed by atoms with Gasteiger partial charge in [-0.25, -0.2) is 0 Å². The molecule has 3 aromatic rings. The van der Waals surface area contributed by atoms with E-state index in [1.807, 2.05) is 79.7 Å². The average molecular weight is 338 g/mol. The third kappa shape index (κ3) is 3.58. The molecule has 0 heterocycles. The second-order valence-corrected chi connectivity index (χ2v) is 7.60. The van der Waals surface area contributed by atoms with Crippen LogP contribution in [0.4, 0.5) is 0 Å². The van der Waals surface area contributed by atoms with Gasteiger partial charge in [-0.3, -0.25) is 4.21 Å². The highest BCUT2D eigenvalue weighted by molar-refractivity contribution is 7.85. The molecule has 0 bridgehead atoms. The van der Waals surface area contributed by atoms with Crippen molar-refractivity contribution in [3.05, 3.63) is 78.4 Å². The summed E-state index contributed by atoms with van der Waals surface area (Å²) in [6, 6.07) is 23.5. The molecule has 3 heteroatoms. The van der Waals surface area contributed by atoms with Gasteiger partial charge in [0.25, 0.3) is 0 Å². The van der Waals surface area contributed by atoms with Crippen molar-refractivity contribution < 1.29 is 9.32 Å². The number of hydrogen-bond acceptors (Lipinski definition) is 2. The van der Waals surface area contributed by atoms with E-state index >= 15 is 0 Å². The highest BCUT2D eigenvalue weighted by Gasteiger charge is 2.31. The molecule has 0 aliphatic heterocycles. The Morgan fingerprint density at radius 1 is 0.917 bits per heavy atom. The molecule has 2 nitrogen and oxygen atoms in total. The van der Waals surface area contributed by atoms with Crippen LogP contribution in [0.1, 0.15) is 25.3 Å². The highest BCUT2D eigenvalue weighted by atomic mass is 32.2. The average Bonchev–Trinajstić information content (AvgIpc) is 2.62. The SMILES string of the molecule is CCCC(O)(CS(=O)c1ccc2ccccc2c1)c1ccccc1. The minimum Gasteiger partial charge on any atom is -0.384 e. The Balaban J connectivity index is 1.90. The molecule has 1 N–H and O–H groups in total. The van der Waals surface area contributed by atoms with E-state index < -0.39 is 16.4 Å². The molecule has 0 radical (unpaired) electrons. The molecule has 0 aliphatic carbocycles. The lowest BCUT2D eigenvalue weighted by molar-refractivity contribution is 0.0513. The highest BCUT2D eigenvalue weighted by Crippen LogP contribution is 2.29. The zero-order valence-electron chi connectivity index (χ0n) is 13.8. The maximum Gasteiger partial charge on any atom is 0.101 e. The third-order valence-electron chi connectivity index (χ3n) is 4.33. The molecule has 0 aliphatic rings. The van der Waals surface area contributed by atoms with Gasteiger partial charge in [-0.2, -0.15) is 0 Å². The maximum atomic E-state index is 12.9. The van der Waals surface area contributed by atoms with Crippen molar-refractivity contribution >= 4 is 21.6 Å². The Hall–Kier alpha value is -1.97. The lowest BCUT2D eigenvalue weighted by atomic mass is 9.91. The van der Waals surface area contributed by atoms with Crippen molar-refractivity contribution in [2.75, 3.05) is 5.75 Å². The van der Waals surface area contributed by atoms with Crippen molar-refractivity contribution in [1.29, 1.82) is 0 Å². The van der Waals surface area contributed by atoms with Crippen molar-refractivity contribution in [2.24, 2.45) is 0 Å². The summed E-state index contributed by atoms with van der Waals surface area (Å²) in [5.41, 5.74) is -0.229. The topological polar surface area (TPSA) is 37.3 Å². The van der Waals surface area contributed by atoms with Gasteiger partial charge in [0.15, 0.2) is 0 Å². The summed E-state index contributed by atoms with van der Waals surface area (Å²) in [6.07, 6.45) is 1.43. The zero-order chi connectivity index (χ0) is 17.0. The van der Waals surface area contributed by atoms with Crippen LogP contribution < -0.4 is 0 Å². The summed E-state index contributed by atoms with van der Waals surface area (Å²) >= 11 is 0. The number of fused-ring (bicyclic) bond motifs is 1. The predicted molar refractivity (Wildman–Crippen MR) is 100 cm³/mol. The van der Waals surface area contributed by atoms with Crippen LogP contribution in [0.15, 0.2) is 77.7 Å². The van der Waals surface area contributed by atoms with Gasteiger partial charge in [-0.15, -0.1) is 0 Å². The van der Waals surface area contributed by atoms with Crippen LogP contribution in [0.2, 0.25) is 0 Å². The van der Waals surface area contributed by atoms with E-state index in [-0.39, 0.29) is 5.75 Å². The number of benzene rings is 3. The fraction of sp³-hybridized carbons (Fsp3) is 0.238. The molecular formula is C21H22O2S. The molecule has 0 aromatic heterocycles. The molecule has 124 valence electrons. The largest absolute Gasteiger partial charge is 0.384 e. The quantitative estimate of drug-likeness (QED) is 0.711. The molecule has 0 saturated heterocycles. The van der Waals surface area contributed by atoms with E-state index in [1.54, 1.807) is 0 Å². The molecule has 3 rings (SSSR count). The Morgan fingerprint density at radius 2 is 1.58 bits per heavy atom. The second kappa shape index (κ2) is 7.29. The summed E-state index contributed by atoms with van der Waals surface area (Å²) in [4.78, 5) is 0.763. The molecule has 0 saturated carbocycles. The van der Waals surface area contributed by atoms with E-state index in [1.165, 1.54) is 0 Å². The van der Waals surface area contributed by atoms with Crippen molar-refractivity contribution in [3.8, 4) is 0 Å². The van der Waals surface area contributed by atoms with Gasteiger partial charge in [0.2, 0.25) is 0 Å². The van der Waals surface area contributed by atoms with E-state index in [0.29, 0.717) is 6.42 Å². The van der Waals surface area contributed by atoms with Gasteiger partial charge in [-0.1, -0.05) is 74.0 Å². The zero-order valence-corrected chi connectivity index (χ0v) is 14.6. The minimum atomic E-state index is -1.26. The Morgan fingerprint density at radius 3 is 2.29 bits per heavy atom. The van der Waals surface area contributed by atoms with Crippen molar-refractivity contribution in [2.45, 2.75) is 30.3 Å². The molecule has 0 fully saturated rings. The monoisotopic (exact) mass is 338 g/mol. The smallest absolute Gasteiger partial charge is 0.101 e. The van der Waals surface area contributed by atoms with Crippen molar-refractivity contribution in [1.82, 2.24) is 0 Å². The fourth-order valence-electron chi connectivity index (χ4n) is 3.07. The van der Waals surface area contributed by atoms with Gasteiger partial charge in [-0.05, 0) is 34.9 Å². The summed E-state index contributed by atoms with van der Waals surface area (Å²) in [6.45, 7) is 2.03. The summed E-state index contributed by atoms with van der Waals surface area (Å²) < 4.78 is 12.9. The number of rotatable bonds is 6. The van der Waals surface area contributed by atoms with E-state index in [4.69, 9.17) is 0 Å². The van der Waals surface area contributed by atoms with Crippen LogP contribution in [0.25, 0.3) is 10.8 Å². The molecule has 2 atom stereocenters. The Kier molecular flexibility index (Phi) is 5.12. The number of aliphatic hydroxyl groups is 1. The molecular weight excluding hydrogens is 316 g/mol. The van der Waals surface area contributed by atoms with Crippen molar-refractivity contribution in [3.63, 3.8) is 0 Å². The first-order valence-electron chi connectivity index (χ1n) is 8.27. The maximum absolute atomic E-state index is 12.9. The summed E-state index contributed by atoms with van der Waals surface area (Å²) in [5, 5.41) is 13.3. The van der Waals surface area contributed by atoms with Gasteiger partial charge in [0.05, 0.1) is 16.6 Å². The summed E-state index contributed by atoms with van der Waals surface area (Å²) in [7, 11) is -1.26. The van der Waals surface area contributed by atoms with Crippen LogP contribution in [-0.2, 0) is 16.4 Å². The molecule has 3 aromatic carbocycles. The normalized spacial score (nSPS) is 15.1. The molecule has 2 unspecified atom stereocenters. The number of hydrogen-bond donors (Lipinski definition) is 1. The van der Waals surface area contributed by atoms with Crippen LogP contribution in [0.5, 0.6) is 0 Å². The van der Waals surface area contributed by atoms with Gasteiger partial charge < -0.3 is 5.11 Å². The molecule has 24 heavy (non-hydrogen) atoms. The lowest BCUT2D eigenvalue weighted by Gasteiger charge is -2.28. The van der Waals surface area contributed by atoms with Crippen LogP contribution >= 0.6 is 0 Å². The molecule has 0 spiro atoms. The minimum absolute atomic E-state index is 0.212. The van der Waals surface area contributed by atoms with Crippen LogP contribution in [0, 0.1) is 0 Å². The second-order valence-electron chi connectivity index (χ2n) is 6.15. The Bertz CT molecular complexity index is 845. The fourth-order valence-corrected chi connectivity index (χ4v) is 4.46. The van der Waals surface area contributed by atoms with Gasteiger partial charge >= 0.3 is 0 Å². The Labute approximate surface area is 145 Å². The predicted octanol–water partition coefficient (Wildman–Crippen LogP) is 4.64.